The van der Waals surface area contributed by atoms with Gasteiger partial charge in [-0.25, -0.2) is 4.79 Å². The van der Waals surface area contributed by atoms with E-state index in [9.17, 15) is 4.79 Å². The second kappa shape index (κ2) is 4.71. The summed E-state index contributed by atoms with van der Waals surface area (Å²) >= 11 is 28.5. The second-order valence-electron chi connectivity index (χ2n) is 2.12. The first-order chi connectivity index (χ1) is 6.50. The van der Waals surface area contributed by atoms with Gasteiger partial charge in [0, 0.05) is 0 Å². The van der Waals surface area contributed by atoms with Crippen molar-refractivity contribution in [3.05, 3.63) is 25.1 Å². The predicted molar refractivity (Wildman–Crippen MR) is 59.3 cm³/mol. The molecule has 0 aliphatic heterocycles. The zero-order chi connectivity index (χ0) is 10.9. The molecule has 0 N–H and O–H groups in total. The first-order valence-corrected chi connectivity index (χ1v) is 4.99. The fourth-order valence-corrected chi connectivity index (χ4v) is 1.95. The predicted octanol–water partition coefficient (Wildman–Crippen LogP) is 4.92. The molecule has 0 heterocycles. The summed E-state index contributed by atoms with van der Waals surface area (Å²) in [5.74, 6) is 0. The molecule has 0 fully saturated rings. The molecule has 1 rings (SSSR count). The minimum atomic E-state index is -0.0391. The van der Waals surface area contributed by atoms with E-state index in [0.717, 1.165) is 0 Å². The van der Waals surface area contributed by atoms with E-state index < -0.39 is 0 Å². The average Bonchev–Trinajstić information content (AvgIpc) is 2.19. The monoisotopic (exact) mass is 289 g/mol. The number of hydrogen-bond acceptors (Lipinski definition) is 2. The number of halogens is 5. The molecular weight excluding hydrogens is 291 g/mol. The number of aliphatic imine (C=N–C) groups is 1. The lowest BCUT2D eigenvalue weighted by Crippen LogP contribution is -1.79. The van der Waals surface area contributed by atoms with E-state index in [4.69, 9.17) is 58.0 Å². The van der Waals surface area contributed by atoms with E-state index in [1.54, 1.807) is 0 Å². The zero-order valence-electron chi connectivity index (χ0n) is 6.25. The lowest BCUT2D eigenvalue weighted by molar-refractivity contribution is 0.565. The van der Waals surface area contributed by atoms with Crippen LogP contribution in [0.25, 0.3) is 0 Å². The summed E-state index contributed by atoms with van der Waals surface area (Å²) in [6.45, 7) is 0. The standard InChI is InChI=1S/C7Cl5NO/c8-2-3(9)5(11)7(13-1-14)6(12)4(2)10. The van der Waals surface area contributed by atoms with Crippen LogP contribution in [0.15, 0.2) is 4.99 Å². The minimum absolute atomic E-state index is 0.00302. The van der Waals surface area contributed by atoms with E-state index in [1.807, 2.05) is 0 Å². The average molecular weight is 291 g/mol. The highest BCUT2D eigenvalue weighted by Gasteiger charge is 2.18. The minimum Gasteiger partial charge on any atom is -0.211 e. The van der Waals surface area contributed by atoms with Crippen LogP contribution in [0.1, 0.15) is 0 Å². The molecule has 1 aromatic carbocycles. The second-order valence-corrected chi connectivity index (χ2v) is 4.01. The summed E-state index contributed by atoms with van der Waals surface area (Å²) < 4.78 is 0. The van der Waals surface area contributed by atoms with Crippen molar-refractivity contribution in [1.82, 2.24) is 0 Å². The van der Waals surface area contributed by atoms with Gasteiger partial charge in [-0.05, 0) is 0 Å². The smallest absolute Gasteiger partial charge is 0.211 e. The van der Waals surface area contributed by atoms with Crippen LogP contribution in [0.3, 0.4) is 0 Å². The Bertz CT molecular complexity index is 409. The summed E-state index contributed by atoms with van der Waals surface area (Å²) in [4.78, 5) is 13.3. The van der Waals surface area contributed by atoms with Crippen molar-refractivity contribution in [2.45, 2.75) is 0 Å². The number of hydrogen-bond donors (Lipinski definition) is 0. The molecule has 74 valence electrons. The van der Waals surface area contributed by atoms with Crippen LogP contribution in [0.5, 0.6) is 0 Å². The number of carbonyl (C=O) groups excluding carboxylic acids is 1. The molecule has 0 unspecified atom stereocenters. The van der Waals surface area contributed by atoms with Crippen molar-refractivity contribution >= 4 is 69.8 Å². The lowest BCUT2D eigenvalue weighted by Gasteiger charge is -2.06. The number of rotatable bonds is 1. The lowest BCUT2D eigenvalue weighted by atomic mass is 10.3. The third kappa shape index (κ3) is 2.01. The Morgan fingerprint density at radius 1 is 0.786 bits per heavy atom. The van der Waals surface area contributed by atoms with E-state index in [-0.39, 0.29) is 30.8 Å². The molecule has 0 atom stereocenters. The Kier molecular flexibility index (Phi) is 4.08. The van der Waals surface area contributed by atoms with Crippen LogP contribution < -0.4 is 0 Å². The van der Waals surface area contributed by atoms with Crippen LogP contribution in [-0.4, -0.2) is 6.08 Å². The van der Waals surface area contributed by atoms with Crippen molar-refractivity contribution in [3.63, 3.8) is 0 Å². The summed E-state index contributed by atoms with van der Waals surface area (Å²) in [6, 6.07) is 0. The molecular formula is C7Cl5NO. The van der Waals surface area contributed by atoms with Gasteiger partial charge in [-0.2, -0.15) is 4.99 Å². The van der Waals surface area contributed by atoms with Crippen molar-refractivity contribution in [3.8, 4) is 0 Å². The number of benzene rings is 1. The van der Waals surface area contributed by atoms with E-state index in [1.165, 1.54) is 6.08 Å². The summed E-state index contributed by atoms with van der Waals surface area (Å²) in [5, 5.41) is -0.0505. The SMILES string of the molecule is O=C=Nc1c(Cl)c(Cl)c(Cl)c(Cl)c1Cl. The largest absolute Gasteiger partial charge is 0.240 e. The Labute approximate surface area is 104 Å². The van der Waals surface area contributed by atoms with Gasteiger partial charge in [0.1, 0.15) is 5.69 Å². The van der Waals surface area contributed by atoms with E-state index >= 15 is 0 Å². The highest BCUT2D eigenvalue weighted by Crippen LogP contribution is 2.47. The molecule has 0 saturated heterocycles. The Balaban J connectivity index is 3.67. The first-order valence-electron chi connectivity index (χ1n) is 3.10. The van der Waals surface area contributed by atoms with Crippen LogP contribution in [0, 0.1) is 0 Å². The maximum atomic E-state index is 10.1. The quantitative estimate of drug-likeness (QED) is 0.312. The molecule has 0 amide bonds. The Morgan fingerprint density at radius 3 is 1.50 bits per heavy atom. The number of isocyanates is 1. The van der Waals surface area contributed by atoms with Crippen molar-refractivity contribution in [1.29, 1.82) is 0 Å². The van der Waals surface area contributed by atoms with Gasteiger partial charge < -0.3 is 0 Å². The van der Waals surface area contributed by atoms with E-state index in [0.29, 0.717) is 0 Å². The molecule has 7 heteroatoms. The molecule has 1 aromatic rings. The Hall–Kier alpha value is 0.0500. The number of nitrogens with zero attached hydrogens (tertiary/aromatic N) is 1. The molecule has 14 heavy (non-hydrogen) atoms. The van der Waals surface area contributed by atoms with Gasteiger partial charge in [-0.1, -0.05) is 58.0 Å². The fraction of sp³-hybridized carbons (Fsp3) is 0. The van der Waals surface area contributed by atoms with Crippen molar-refractivity contribution < 1.29 is 4.79 Å². The van der Waals surface area contributed by atoms with Gasteiger partial charge in [-0.3, -0.25) is 0 Å². The molecule has 0 spiro atoms. The van der Waals surface area contributed by atoms with Crippen molar-refractivity contribution in [2.75, 3.05) is 0 Å². The fourth-order valence-electron chi connectivity index (χ4n) is 0.737. The van der Waals surface area contributed by atoms with Crippen molar-refractivity contribution in [2.24, 2.45) is 4.99 Å². The summed E-state index contributed by atoms with van der Waals surface area (Å²) in [7, 11) is 0. The molecule has 0 saturated carbocycles. The Morgan fingerprint density at radius 2 is 1.14 bits per heavy atom. The van der Waals surface area contributed by atoms with Gasteiger partial charge in [0.2, 0.25) is 6.08 Å². The highest BCUT2D eigenvalue weighted by molar-refractivity contribution is 6.56. The van der Waals surface area contributed by atoms with Gasteiger partial charge in [0.15, 0.2) is 0 Å². The van der Waals surface area contributed by atoms with E-state index in [2.05, 4.69) is 4.99 Å². The van der Waals surface area contributed by atoms with Crippen LogP contribution >= 0.6 is 58.0 Å². The normalized spacial score (nSPS) is 9.79. The molecule has 0 aromatic heterocycles. The van der Waals surface area contributed by atoms with Gasteiger partial charge >= 0.3 is 0 Å². The van der Waals surface area contributed by atoms with Gasteiger partial charge in [0.05, 0.1) is 25.1 Å². The maximum absolute atomic E-state index is 10.1. The highest BCUT2D eigenvalue weighted by atomic mass is 35.5. The third-order valence-electron chi connectivity index (χ3n) is 1.34. The summed E-state index contributed by atoms with van der Waals surface area (Å²) in [5.41, 5.74) is -0.0391. The first kappa shape index (κ1) is 12.1. The topological polar surface area (TPSA) is 29.4 Å². The molecule has 0 bridgehead atoms. The van der Waals surface area contributed by atoms with Crippen LogP contribution in [-0.2, 0) is 4.79 Å². The zero-order valence-corrected chi connectivity index (χ0v) is 10.0. The molecule has 2 nitrogen and oxygen atoms in total. The third-order valence-corrected chi connectivity index (χ3v) is 3.60. The van der Waals surface area contributed by atoms with Crippen LogP contribution in [0.2, 0.25) is 25.1 Å². The molecule has 0 aliphatic carbocycles. The van der Waals surface area contributed by atoms with Gasteiger partial charge in [-0.15, -0.1) is 0 Å². The summed E-state index contributed by atoms with van der Waals surface area (Å²) in [6.07, 6.45) is 1.29. The maximum Gasteiger partial charge on any atom is 0.240 e. The van der Waals surface area contributed by atoms with Crippen LogP contribution in [0.4, 0.5) is 5.69 Å². The molecule has 0 radical (unpaired) electrons. The van der Waals surface area contributed by atoms with Gasteiger partial charge in [0.25, 0.3) is 0 Å². The molecule has 0 aliphatic rings.